The molecule has 1 atom stereocenters. The molecule has 24 heavy (non-hydrogen) atoms. The van der Waals surface area contributed by atoms with Gasteiger partial charge in [-0.15, -0.1) is 0 Å². The number of nitrogens with zero attached hydrogens (tertiary/aromatic N) is 3. The summed E-state index contributed by atoms with van der Waals surface area (Å²) in [6.45, 7) is 1.83. The van der Waals surface area contributed by atoms with E-state index in [0.29, 0.717) is 5.69 Å². The van der Waals surface area contributed by atoms with E-state index in [2.05, 4.69) is 16.4 Å². The van der Waals surface area contributed by atoms with Crippen LogP contribution in [0.1, 0.15) is 53.8 Å². The fraction of sp³-hybridized carbons (Fsp3) is 0.421. The lowest BCUT2D eigenvalue weighted by molar-refractivity contribution is -0.118. The Morgan fingerprint density at radius 3 is 2.50 bits per heavy atom. The summed E-state index contributed by atoms with van der Waals surface area (Å²) in [6, 6.07) is 3.96. The molecule has 5 heteroatoms. The largest absolute Gasteiger partial charge is 0.324 e. The summed E-state index contributed by atoms with van der Waals surface area (Å²) in [5, 5.41) is 12.1. The molecule has 2 aliphatic rings. The predicted molar refractivity (Wildman–Crippen MR) is 90.8 cm³/mol. The molecule has 0 saturated carbocycles. The van der Waals surface area contributed by atoms with Gasteiger partial charge in [0.1, 0.15) is 12.1 Å². The topological polar surface area (TPSA) is 70.7 Å². The van der Waals surface area contributed by atoms with E-state index < -0.39 is 6.04 Å². The number of aryl methyl sites for hydroxylation is 2. The van der Waals surface area contributed by atoms with Crippen molar-refractivity contribution < 1.29 is 4.79 Å². The van der Waals surface area contributed by atoms with Crippen molar-refractivity contribution in [2.75, 3.05) is 5.32 Å². The SMILES string of the molecule is CC(C(=O)Nc1c2c(cc3c1CCC3)CCC2)n1cnc(C#N)c1. The molecule has 1 amide bonds. The minimum atomic E-state index is -0.395. The Hall–Kier alpha value is -2.61. The maximum absolute atomic E-state index is 12.8. The number of nitriles is 1. The molecule has 1 aromatic carbocycles. The fourth-order valence-corrected chi connectivity index (χ4v) is 3.94. The highest BCUT2D eigenvalue weighted by molar-refractivity contribution is 5.95. The molecule has 0 radical (unpaired) electrons. The zero-order chi connectivity index (χ0) is 16.7. The number of benzene rings is 1. The Kier molecular flexibility index (Phi) is 3.61. The number of amides is 1. The van der Waals surface area contributed by atoms with Crippen molar-refractivity contribution in [1.82, 2.24) is 9.55 Å². The lowest BCUT2D eigenvalue weighted by Crippen LogP contribution is -2.24. The molecule has 0 fully saturated rings. The second kappa shape index (κ2) is 5.79. The van der Waals surface area contributed by atoms with Crippen molar-refractivity contribution >= 4 is 11.6 Å². The van der Waals surface area contributed by atoms with Crippen LogP contribution in [0, 0.1) is 11.3 Å². The van der Waals surface area contributed by atoms with Gasteiger partial charge in [0.25, 0.3) is 0 Å². The Bertz CT molecular complexity index is 827. The number of hydrogen-bond acceptors (Lipinski definition) is 3. The number of fused-ring (bicyclic) bond motifs is 2. The smallest absolute Gasteiger partial charge is 0.247 e. The molecular weight excluding hydrogens is 300 g/mol. The second-order valence-electron chi connectivity index (χ2n) is 6.72. The molecule has 1 unspecified atom stereocenters. The van der Waals surface area contributed by atoms with Gasteiger partial charge in [-0.1, -0.05) is 6.07 Å². The third-order valence-electron chi connectivity index (χ3n) is 5.26. The van der Waals surface area contributed by atoms with E-state index in [1.165, 1.54) is 35.1 Å². The van der Waals surface area contributed by atoms with Crippen molar-refractivity contribution in [3.05, 3.63) is 46.5 Å². The Morgan fingerprint density at radius 2 is 1.92 bits per heavy atom. The standard InChI is InChI=1S/C19H20N4O/c1-12(23-10-15(9-20)21-11-23)19(24)22-18-16-6-2-4-13(16)8-14-5-3-7-17(14)18/h8,10-12H,2-7H2,1H3,(H,22,24). The fourth-order valence-electron chi connectivity index (χ4n) is 3.94. The van der Waals surface area contributed by atoms with E-state index in [1.54, 1.807) is 17.1 Å². The number of carbonyl (C=O) groups excluding carboxylic acids is 1. The highest BCUT2D eigenvalue weighted by atomic mass is 16.2. The molecule has 0 bridgehead atoms. The highest BCUT2D eigenvalue weighted by Crippen LogP contribution is 2.38. The van der Waals surface area contributed by atoms with Gasteiger partial charge in [-0.3, -0.25) is 4.79 Å². The van der Waals surface area contributed by atoms with Crippen LogP contribution in [-0.4, -0.2) is 15.5 Å². The molecule has 5 nitrogen and oxygen atoms in total. The van der Waals surface area contributed by atoms with E-state index in [4.69, 9.17) is 5.26 Å². The van der Waals surface area contributed by atoms with E-state index in [-0.39, 0.29) is 5.91 Å². The van der Waals surface area contributed by atoms with Crippen molar-refractivity contribution in [2.45, 2.75) is 51.5 Å². The third kappa shape index (κ3) is 2.39. The molecule has 0 saturated heterocycles. The highest BCUT2D eigenvalue weighted by Gasteiger charge is 2.26. The molecule has 0 spiro atoms. The van der Waals surface area contributed by atoms with Crippen molar-refractivity contribution in [1.29, 1.82) is 5.26 Å². The quantitative estimate of drug-likeness (QED) is 0.945. The van der Waals surface area contributed by atoms with Crippen molar-refractivity contribution in [3.63, 3.8) is 0 Å². The first-order valence-electron chi connectivity index (χ1n) is 8.58. The van der Waals surface area contributed by atoms with Gasteiger partial charge in [-0.2, -0.15) is 5.26 Å². The molecule has 0 aliphatic heterocycles. The van der Waals surface area contributed by atoms with Gasteiger partial charge in [0.05, 0.1) is 6.33 Å². The van der Waals surface area contributed by atoms with Crippen LogP contribution in [0.25, 0.3) is 0 Å². The van der Waals surface area contributed by atoms with E-state index in [9.17, 15) is 4.79 Å². The Morgan fingerprint density at radius 1 is 1.25 bits per heavy atom. The number of anilines is 1. The van der Waals surface area contributed by atoms with Gasteiger partial charge >= 0.3 is 0 Å². The average molecular weight is 320 g/mol. The summed E-state index contributed by atoms with van der Waals surface area (Å²) in [5.74, 6) is -0.0497. The van der Waals surface area contributed by atoms with Crippen LogP contribution in [0.3, 0.4) is 0 Å². The van der Waals surface area contributed by atoms with Gasteiger partial charge in [0.2, 0.25) is 5.91 Å². The van der Waals surface area contributed by atoms with Crippen LogP contribution in [0.2, 0.25) is 0 Å². The number of carbonyl (C=O) groups is 1. The summed E-state index contributed by atoms with van der Waals surface area (Å²) in [5.41, 5.74) is 6.88. The Labute approximate surface area is 141 Å². The monoisotopic (exact) mass is 320 g/mol. The first kappa shape index (κ1) is 14.9. The van der Waals surface area contributed by atoms with Crippen LogP contribution < -0.4 is 5.32 Å². The van der Waals surface area contributed by atoms with Gasteiger partial charge < -0.3 is 9.88 Å². The van der Waals surface area contributed by atoms with E-state index in [1.807, 2.05) is 13.0 Å². The van der Waals surface area contributed by atoms with Crippen LogP contribution in [0.5, 0.6) is 0 Å². The number of imidazole rings is 1. The molecule has 4 rings (SSSR count). The van der Waals surface area contributed by atoms with E-state index >= 15 is 0 Å². The number of aromatic nitrogens is 2. The van der Waals surface area contributed by atoms with Crippen LogP contribution in [-0.2, 0) is 30.5 Å². The summed E-state index contributed by atoms with van der Waals surface area (Å²) in [7, 11) is 0. The zero-order valence-electron chi connectivity index (χ0n) is 13.8. The van der Waals surface area contributed by atoms with Crippen LogP contribution in [0.15, 0.2) is 18.6 Å². The first-order chi connectivity index (χ1) is 11.7. The first-order valence-corrected chi connectivity index (χ1v) is 8.58. The van der Waals surface area contributed by atoms with Crippen molar-refractivity contribution in [3.8, 4) is 6.07 Å². The maximum Gasteiger partial charge on any atom is 0.247 e. The normalized spacial score (nSPS) is 16.3. The minimum absolute atomic E-state index is 0.0497. The molecule has 2 aromatic rings. The lowest BCUT2D eigenvalue weighted by atomic mass is 9.98. The lowest BCUT2D eigenvalue weighted by Gasteiger charge is -2.19. The maximum atomic E-state index is 12.8. The average Bonchev–Trinajstić information content (AvgIpc) is 3.32. The number of nitrogens with one attached hydrogen (secondary N) is 1. The summed E-state index contributed by atoms with van der Waals surface area (Å²) < 4.78 is 1.69. The molecular formula is C19H20N4O. The predicted octanol–water partition coefficient (Wildman–Crippen LogP) is 2.93. The second-order valence-corrected chi connectivity index (χ2v) is 6.72. The molecule has 2 aliphatic carbocycles. The number of hydrogen-bond donors (Lipinski definition) is 1. The zero-order valence-corrected chi connectivity index (χ0v) is 13.8. The summed E-state index contributed by atoms with van der Waals surface area (Å²) >= 11 is 0. The van der Waals surface area contributed by atoms with Gasteiger partial charge in [-0.25, -0.2) is 4.98 Å². The van der Waals surface area contributed by atoms with Crippen LogP contribution in [0.4, 0.5) is 5.69 Å². The van der Waals surface area contributed by atoms with Crippen LogP contribution >= 0.6 is 0 Å². The third-order valence-corrected chi connectivity index (χ3v) is 5.26. The van der Waals surface area contributed by atoms with E-state index in [0.717, 1.165) is 31.4 Å². The Balaban J connectivity index is 1.64. The summed E-state index contributed by atoms with van der Waals surface area (Å²) in [6.07, 6.45) is 9.84. The molecule has 122 valence electrons. The number of rotatable bonds is 3. The minimum Gasteiger partial charge on any atom is -0.324 e. The van der Waals surface area contributed by atoms with Gasteiger partial charge in [0, 0.05) is 11.9 Å². The molecule has 1 aromatic heterocycles. The summed E-state index contributed by atoms with van der Waals surface area (Å²) in [4.78, 5) is 16.8. The van der Waals surface area contributed by atoms with Gasteiger partial charge in [-0.05, 0) is 67.7 Å². The van der Waals surface area contributed by atoms with Gasteiger partial charge in [0.15, 0.2) is 5.69 Å². The molecule has 1 N–H and O–H groups in total. The molecule has 1 heterocycles. The van der Waals surface area contributed by atoms with Crippen molar-refractivity contribution in [2.24, 2.45) is 0 Å².